The lowest BCUT2D eigenvalue weighted by atomic mass is 10.2. The summed E-state index contributed by atoms with van der Waals surface area (Å²) in [7, 11) is 0. The Kier molecular flexibility index (Phi) is 2.11. The standard InChI is InChI=1S/C6H7BrO3/c1-3(8)5-2-4(7)6(9)10-5/h2-3,5,8H,1H3/t3-,5+/m1/s1. The van der Waals surface area contributed by atoms with E-state index in [9.17, 15) is 4.79 Å². The van der Waals surface area contributed by atoms with Crippen molar-refractivity contribution in [3.8, 4) is 0 Å². The molecule has 0 aromatic carbocycles. The van der Waals surface area contributed by atoms with E-state index < -0.39 is 18.2 Å². The number of rotatable bonds is 1. The Bertz CT molecular complexity index is 185. The molecule has 0 fully saturated rings. The van der Waals surface area contributed by atoms with E-state index >= 15 is 0 Å². The van der Waals surface area contributed by atoms with Gasteiger partial charge in [0.15, 0.2) is 0 Å². The van der Waals surface area contributed by atoms with Gasteiger partial charge in [0.1, 0.15) is 10.6 Å². The van der Waals surface area contributed by atoms with Crippen molar-refractivity contribution in [3.05, 3.63) is 10.6 Å². The zero-order valence-electron chi connectivity index (χ0n) is 5.37. The first kappa shape index (κ1) is 7.75. The Morgan fingerprint density at radius 3 is 2.70 bits per heavy atom. The van der Waals surface area contributed by atoms with Crippen LogP contribution in [0.3, 0.4) is 0 Å². The predicted octanol–water partition coefficient (Wildman–Crippen LogP) is 0.571. The molecule has 0 aromatic rings. The quantitative estimate of drug-likeness (QED) is 0.639. The van der Waals surface area contributed by atoms with E-state index in [0.29, 0.717) is 4.48 Å². The van der Waals surface area contributed by atoms with Crippen LogP contribution < -0.4 is 0 Å². The fraction of sp³-hybridized carbons (Fsp3) is 0.500. The Labute approximate surface area is 66.8 Å². The number of ether oxygens (including phenoxy) is 1. The minimum atomic E-state index is -0.640. The summed E-state index contributed by atoms with van der Waals surface area (Å²) in [6, 6.07) is 0. The summed E-state index contributed by atoms with van der Waals surface area (Å²) in [5.74, 6) is -0.411. The number of hydrogen-bond acceptors (Lipinski definition) is 3. The van der Waals surface area contributed by atoms with Crippen LogP contribution in [0.15, 0.2) is 10.6 Å². The number of carbonyl (C=O) groups excluding carboxylic acids is 1. The summed E-state index contributed by atoms with van der Waals surface area (Å²) in [5, 5.41) is 8.95. The van der Waals surface area contributed by atoms with Gasteiger partial charge < -0.3 is 9.84 Å². The van der Waals surface area contributed by atoms with E-state index in [1.54, 1.807) is 13.0 Å². The van der Waals surface area contributed by atoms with Gasteiger partial charge in [0.05, 0.1) is 6.10 Å². The van der Waals surface area contributed by atoms with Crippen molar-refractivity contribution in [2.45, 2.75) is 19.1 Å². The van der Waals surface area contributed by atoms with E-state index in [-0.39, 0.29) is 0 Å². The highest BCUT2D eigenvalue weighted by molar-refractivity contribution is 9.12. The molecule has 1 N–H and O–H groups in total. The maximum absolute atomic E-state index is 10.6. The third-order valence-electron chi connectivity index (χ3n) is 1.22. The van der Waals surface area contributed by atoms with E-state index in [4.69, 9.17) is 9.84 Å². The molecule has 0 saturated carbocycles. The van der Waals surface area contributed by atoms with Crippen molar-refractivity contribution >= 4 is 21.9 Å². The SMILES string of the molecule is C[C@@H](O)[C@@H]1C=C(Br)C(=O)O1. The number of carbonyl (C=O) groups is 1. The second-order valence-corrected chi connectivity index (χ2v) is 2.98. The fourth-order valence-corrected chi connectivity index (χ4v) is 1.02. The monoisotopic (exact) mass is 206 g/mol. The Morgan fingerprint density at radius 1 is 1.90 bits per heavy atom. The lowest BCUT2D eigenvalue weighted by Gasteiger charge is -2.09. The van der Waals surface area contributed by atoms with Crippen molar-refractivity contribution in [1.29, 1.82) is 0 Å². The van der Waals surface area contributed by atoms with Gasteiger partial charge >= 0.3 is 5.97 Å². The first-order valence-electron chi connectivity index (χ1n) is 2.87. The van der Waals surface area contributed by atoms with Crippen LogP contribution in [0, 0.1) is 0 Å². The first-order valence-corrected chi connectivity index (χ1v) is 3.67. The van der Waals surface area contributed by atoms with Crippen LogP contribution in [0.5, 0.6) is 0 Å². The van der Waals surface area contributed by atoms with Gasteiger partial charge in [0, 0.05) is 0 Å². The van der Waals surface area contributed by atoms with Gasteiger partial charge in [-0.25, -0.2) is 4.79 Å². The van der Waals surface area contributed by atoms with E-state index in [2.05, 4.69) is 15.9 Å². The van der Waals surface area contributed by atoms with Gasteiger partial charge in [-0.15, -0.1) is 0 Å². The maximum atomic E-state index is 10.6. The van der Waals surface area contributed by atoms with Crippen molar-refractivity contribution in [3.63, 3.8) is 0 Å². The lowest BCUT2D eigenvalue weighted by Crippen LogP contribution is -2.21. The molecule has 3 nitrogen and oxygen atoms in total. The number of hydrogen-bond donors (Lipinski definition) is 1. The number of esters is 1. The van der Waals surface area contributed by atoms with Crippen molar-refractivity contribution in [2.24, 2.45) is 0 Å². The first-order chi connectivity index (χ1) is 4.61. The highest BCUT2D eigenvalue weighted by Crippen LogP contribution is 2.20. The molecule has 0 saturated heterocycles. The Morgan fingerprint density at radius 2 is 2.50 bits per heavy atom. The molecule has 56 valence electrons. The molecule has 0 spiro atoms. The van der Waals surface area contributed by atoms with Gasteiger partial charge in [-0.2, -0.15) is 0 Å². The molecule has 0 radical (unpaired) electrons. The van der Waals surface area contributed by atoms with Crippen molar-refractivity contribution in [2.75, 3.05) is 0 Å². The fourth-order valence-electron chi connectivity index (χ4n) is 0.664. The van der Waals surface area contributed by atoms with E-state index in [1.807, 2.05) is 0 Å². The topological polar surface area (TPSA) is 46.5 Å². The van der Waals surface area contributed by atoms with Gasteiger partial charge in [-0.1, -0.05) is 0 Å². The molecule has 1 aliphatic heterocycles. The molecule has 0 aliphatic carbocycles. The third kappa shape index (κ3) is 1.38. The number of cyclic esters (lactones) is 1. The van der Waals surface area contributed by atoms with Crippen LogP contribution in [-0.2, 0) is 9.53 Å². The number of aliphatic hydroxyl groups excluding tert-OH is 1. The molecular weight excluding hydrogens is 200 g/mol. The molecule has 1 rings (SSSR count). The molecule has 1 aliphatic rings. The van der Waals surface area contributed by atoms with Gasteiger partial charge in [-0.05, 0) is 28.9 Å². The number of halogens is 1. The molecular formula is C6H7BrO3. The van der Waals surface area contributed by atoms with Crippen LogP contribution in [0.4, 0.5) is 0 Å². The zero-order valence-corrected chi connectivity index (χ0v) is 6.96. The largest absolute Gasteiger partial charge is 0.451 e. The van der Waals surface area contributed by atoms with E-state index in [0.717, 1.165) is 0 Å². The van der Waals surface area contributed by atoms with E-state index in [1.165, 1.54) is 0 Å². The smallest absolute Gasteiger partial charge is 0.345 e. The minimum Gasteiger partial charge on any atom is -0.451 e. The predicted molar refractivity (Wildman–Crippen MR) is 38.6 cm³/mol. The lowest BCUT2D eigenvalue weighted by molar-refractivity contribution is -0.142. The Hall–Kier alpha value is -0.350. The summed E-state index contributed by atoms with van der Waals surface area (Å²) in [6.07, 6.45) is 0.424. The summed E-state index contributed by atoms with van der Waals surface area (Å²) in [5.41, 5.74) is 0. The second kappa shape index (κ2) is 2.72. The summed E-state index contributed by atoms with van der Waals surface area (Å²) >= 11 is 2.99. The van der Waals surface area contributed by atoms with Crippen molar-refractivity contribution in [1.82, 2.24) is 0 Å². The molecule has 2 atom stereocenters. The molecule has 0 bridgehead atoms. The summed E-state index contributed by atoms with van der Waals surface area (Å²) in [6.45, 7) is 1.57. The third-order valence-corrected chi connectivity index (χ3v) is 1.81. The highest BCUT2D eigenvalue weighted by Gasteiger charge is 2.26. The average molecular weight is 207 g/mol. The normalized spacial score (nSPS) is 27.7. The molecule has 1 heterocycles. The minimum absolute atomic E-state index is 0.387. The molecule has 0 aromatic heterocycles. The Balaban J connectivity index is 2.65. The van der Waals surface area contributed by atoms with Crippen molar-refractivity contribution < 1.29 is 14.6 Å². The van der Waals surface area contributed by atoms with Crippen LogP contribution in [0.25, 0.3) is 0 Å². The van der Waals surface area contributed by atoms with Crippen LogP contribution in [-0.4, -0.2) is 23.3 Å². The maximum Gasteiger partial charge on any atom is 0.345 e. The summed E-state index contributed by atoms with van der Waals surface area (Å²) in [4.78, 5) is 10.6. The van der Waals surface area contributed by atoms with Crippen LogP contribution >= 0.6 is 15.9 Å². The molecule has 0 unspecified atom stereocenters. The molecule has 10 heavy (non-hydrogen) atoms. The number of aliphatic hydroxyl groups is 1. The van der Waals surface area contributed by atoms with Gasteiger partial charge in [0.2, 0.25) is 0 Å². The molecule has 4 heteroatoms. The van der Waals surface area contributed by atoms with Gasteiger partial charge in [-0.3, -0.25) is 0 Å². The van der Waals surface area contributed by atoms with Crippen LogP contribution in [0.1, 0.15) is 6.92 Å². The molecule has 0 amide bonds. The zero-order chi connectivity index (χ0) is 7.72. The second-order valence-electron chi connectivity index (χ2n) is 2.13. The van der Waals surface area contributed by atoms with Crippen LogP contribution in [0.2, 0.25) is 0 Å². The summed E-state index contributed by atoms with van der Waals surface area (Å²) < 4.78 is 5.09. The van der Waals surface area contributed by atoms with Gasteiger partial charge in [0.25, 0.3) is 0 Å². The average Bonchev–Trinajstić information content (AvgIpc) is 2.13. The highest BCUT2D eigenvalue weighted by atomic mass is 79.9.